The second-order valence-electron chi connectivity index (χ2n) is 7.67. The standard InChI is InChI=1S/C18H30N2O/c1-17(8-4-3-5-9-17)16(21)20-14-11-18(12-15-20)10-6-7-13-19(18)2/h3-4H,5-15H2,1-2H3/t17-/m1/s1. The number of piperidine rings is 2. The molecule has 0 saturated carbocycles. The number of carbonyl (C=O) groups is 1. The van der Waals surface area contributed by atoms with Gasteiger partial charge in [0.1, 0.15) is 0 Å². The van der Waals surface area contributed by atoms with E-state index in [1.165, 1.54) is 38.6 Å². The number of carbonyl (C=O) groups excluding carboxylic acids is 1. The molecule has 3 nitrogen and oxygen atoms in total. The topological polar surface area (TPSA) is 23.6 Å². The van der Waals surface area contributed by atoms with Gasteiger partial charge < -0.3 is 9.80 Å². The number of likely N-dealkylation sites (tertiary alicyclic amines) is 2. The smallest absolute Gasteiger partial charge is 0.228 e. The van der Waals surface area contributed by atoms with E-state index in [-0.39, 0.29) is 5.41 Å². The highest BCUT2D eigenvalue weighted by molar-refractivity contribution is 5.82. The van der Waals surface area contributed by atoms with E-state index in [0.717, 1.165) is 32.4 Å². The number of nitrogens with zero attached hydrogens (tertiary/aromatic N) is 2. The van der Waals surface area contributed by atoms with Gasteiger partial charge in [0.25, 0.3) is 0 Å². The molecular formula is C18H30N2O. The molecule has 2 heterocycles. The third-order valence-corrected chi connectivity index (χ3v) is 6.29. The molecule has 1 aliphatic carbocycles. The average molecular weight is 290 g/mol. The number of amides is 1. The van der Waals surface area contributed by atoms with Gasteiger partial charge in [0.2, 0.25) is 5.91 Å². The summed E-state index contributed by atoms with van der Waals surface area (Å²) in [4.78, 5) is 17.6. The Morgan fingerprint density at radius 2 is 1.76 bits per heavy atom. The zero-order valence-corrected chi connectivity index (χ0v) is 13.7. The number of rotatable bonds is 1. The van der Waals surface area contributed by atoms with Gasteiger partial charge in [-0.2, -0.15) is 0 Å². The molecule has 118 valence electrons. The first kappa shape index (κ1) is 15.1. The van der Waals surface area contributed by atoms with E-state index in [9.17, 15) is 4.79 Å². The first-order valence-electron chi connectivity index (χ1n) is 8.71. The van der Waals surface area contributed by atoms with Crippen LogP contribution in [0.2, 0.25) is 0 Å². The van der Waals surface area contributed by atoms with Crippen molar-refractivity contribution in [1.82, 2.24) is 9.80 Å². The molecular weight excluding hydrogens is 260 g/mol. The molecule has 0 aromatic carbocycles. The van der Waals surface area contributed by atoms with Crippen molar-refractivity contribution in [1.29, 1.82) is 0 Å². The minimum atomic E-state index is -0.141. The molecule has 1 spiro atoms. The molecule has 0 aromatic rings. The number of hydrogen-bond donors (Lipinski definition) is 0. The molecule has 2 saturated heterocycles. The summed E-state index contributed by atoms with van der Waals surface area (Å²) in [5.74, 6) is 0.403. The average Bonchev–Trinajstić information content (AvgIpc) is 2.51. The van der Waals surface area contributed by atoms with E-state index in [1.807, 2.05) is 0 Å². The van der Waals surface area contributed by atoms with Crippen molar-refractivity contribution in [2.24, 2.45) is 5.41 Å². The van der Waals surface area contributed by atoms with Gasteiger partial charge in [0, 0.05) is 18.6 Å². The quantitative estimate of drug-likeness (QED) is 0.692. The summed E-state index contributed by atoms with van der Waals surface area (Å²) in [5, 5.41) is 0. The Morgan fingerprint density at radius 3 is 2.38 bits per heavy atom. The predicted molar refractivity (Wildman–Crippen MR) is 86.1 cm³/mol. The van der Waals surface area contributed by atoms with Crippen LogP contribution in [0.5, 0.6) is 0 Å². The van der Waals surface area contributed by atoms with Crippen LogP contribution in [0, 0.1) is 5.41 Å². The molecule has 1 amide bonds. The van der Waals surface area contributed by atoms with Crippen molar-refractivity contribution in [3.05, 3.63) is 12.2 Å². The second-order valence-corrected chi connectivity index (χ2v) is 7.67. The third-order valence-electron chi connectivity index (χ3n) is 6.29. The highest BCUT2D eigenvalue weighted by Gasteiger charge is 2.43. The van der Waals surface area contributed by atoms with Crippen molar-refractivity contribution in [2.45, 2.75) is 63.8 Å². The fourth-order valence-corrected chi connectivity index (χ4v) is 4.53. The SMILES string of the molecule is CN1CCCCC12CCN(C(=O)[C@]1(C)CC=CCC1)CC2. The summed E-state index contributed by atoms with van der Waals surface area (Å²) >= 11 is 0. The minimum Gasteiger partial charge on any atom is -0.342 e. The van der Waals surface area contributed by atoms with Gasteiger partial charge in [-0.05, 0) is 58.5 Å². The number of hydrogen-bond acceptors (Lipinski definition) is 2. The lowest BCUT2D eigenvalue weighted by molar-refractivity contribution is -0.145. The minimum absolute atomic E-state index is 0.141. The maximum atomic E-state index is 12.9. The van der Waals surface area contributed by atoms with Crippen molar-refractivity contribution >= 4 is 5.91 Å². The molecule has 0 aromatic heterocycles. The Morgan fingerprint density at radius 1 is 1.00 bits per heavy atom. The van der Waals surface area contributed by atoms with Crippen LogP contribution in [0.1, 0.15) is 58.3 Å². The van der Waals surface area contributed by atoms with Gasteiger partial charge in [-0.1, -0.05) is 25.5 Å². The summed E-state index contributed by atoms with van der Waals surface area (Å²) < 4.78 is 0. The summed E-state index contributed by atoms with van der Waals surface area (Å²) in [7, 11) is 2.28. The Labute approximate surface area is 129 Å². The van der Waals surface area contributed by atoms with E-state index >= 15 is 0 Å². The van der Waals surface area contributed by atoms with Crippen molar-refractivity contribution in [2.75, 3.05) is 26.7 Å². The predicted octanol–water partition coefficient (Wildman–Crippen LogP) is 3.21. The van der Waals surface area contributed by atoms with Gasteiger partial charge in [-0.3, -0.25) is 4.79 Å². The Kier molecular flexibility index (Phi) is 4.13. The normalized spacial score (nSPS) is 33.3. The zero-order valence-electron chi connectivity index (χ0n) is 13.7. The Balaban J connectivity index is 1.63. The lowest BCUT2D eigenvalue weighted by atomic mass is 9.75. The molecule has 2 aliphatic heterocycles. The van der Waals surface area contributed by atoms with Crippen LogP contribution in [0.15, 0.2) is 12.2 Å². The summed E-state index contributed by atoms with van der Waals surface area (Å²) in [6, 6.07) is 0. The fourth-order valence-electron chi connectivity index (χ4n) is 4.53. The van der Waals surface area contributed by atoms with Crippen molar-refractivity contribution < 1.29 is 4.79 Å². The molecule has 3 heteroatoms. The van der Waals surface area contributed by atoms with Gasteiger partial charge in [-0.15, -0.1) is 0 Å². The van der Waals surface area contributed by atoms with Crippen LogP contribution < -0.4 is 0 Å². The maximum absolute atomic E-state index is 12.9. The van der Waals surface area contributed by atoms with Crippen LogP contribution in [0.25, 0.3) is 0 Å². The lowest BCUT2D eigenvalue weighted by Gasteiger charge is -2.51. The molecule has 0 bridgehead atoms. The van der Waals surface area contributed by atoms with Crippen molar-refractivity contribution in [3.8, 4) is 0 Å². The van der Waals surface area contributed by atoms with E-state index in [1.54, 1.807) is 0 Å². The van der Waals surface area contributed by atoms with E-state index in [2.05, 4.69) is 35.9 Å². The lowest BCUT2D eigenvalue weighted by Crippen LogP contribution is -2.58. The van der Waals surface area contributed by atoms with Crippen LogP contribution >= 0.6 is 0 Å². The van der Waals surface area contributed by atoms with Gasteiger partial charge in [-0.25, -0.2) is 0 Å². The van der Waals surface area contributed by atoms with Crippen LogP contribution in [0.3, 0.4) is 0 Å². The third kappa shape index (κ3) is 2.77. The molecule has 0 N–H and O–H groups in total. The Hall–Kier alpha value is -0.830. The van der Waals surface area contributed by atoms with E-state index < -0.39 is 0 Å². The molecule has 2 fully saturated rings. The maximum Gasteiger partial charge on any atom is 0.228 e. The molecule has 21 heavy (non-hydrogen) atoms. The first-order valence-corrected chi connectivity index (χ1v) is 8.71. The molecule has 3 rings (SSSR count). The van der Waals surface area contributed by atoms with Crippen LogP contribution in [-0.2, 0) is 4.79 Å². The summed E-state index contributed by atoms with van der Waals surface area (Å²) in [5.41, 5.74) is 0.250. The van der Waals surface area contributed by atoms with E-state index in [0.29, 0.717) is 11.4 Å². The summed E-state index contributed by atoms with van der Waals surface area (Å²) in [6.07, 6.45) is 13.8. The number of allylic oxidation sites excluding steroid dienone is 2. The van der Waals surface area contributed by atoms with Gasteiger partial charge >= 0.3 is 0 Å². The van der Waals surface area contributed by atoms with Gasteiger partial charge in [0.05, 0.1) is 5.41 Å². The van der Waals surface area contributed by atoms with Crippen LogP contribution in [-0.4, -0.2) is 47.9 Å². The Bertz CT molecular complexity index is 423. The zero-order chi connectivity index (χ0) is 14.9. The van der Waals surface area contributed by atoms with Crippen LogP contribution in [0.4, 0.5) is 0 Å². The van der Waals surface area contributed by atoms with Gasteiger partial charge in [0.15, 0.2) is 0 Å². The first-order chi connectivity index (χ1) is 10.1. The highest BCUT2D eigenvalue weighted by atomic mass is 16.2. The largest absolute Gasteiger partial charge is 0.342 e. The van der Waals surface area contributed by atoms with Crippen molar-refractivity contribution in [3.63, 3.8) is 0 Å². The molecule has 0 radical (unpaired) electrons. The molecule has 3 aliphatic rings. The summed E-state index contributed by atoms with van der Waals surface area (Å²) in [6.45, 7) is 5.32. The molecule has 0 unspecified atom stereocenters. The monoisotopic (exact) mass is 290 g/mol. The van der Waals surface area contributed by atoms with E-state index in [4.69, 9.17) is 0 Å². The second kappa shape index (κ2) is 5.75. The molecule has 1 atom stereocenters. The fraction of sp³-hybridized carbons (Fsp3) is 0.833. The highest BCUT2D eigenvalue weighted by Crippen LogP contribution is 2.39.